The minimum Gasteiger partial charge on any atom is -0.493 e. The maximum Gasteiger partial charge on any atom is 0.415 e. The topological polar surface area (TPSA) is 122 Å². The van der Waals surface area contributed by atoms with Crippen molar-refractivity contribution in [1.29, 1.82) is 5.26 Å². The molecular weight excluding hydrogens is 568 g/mol. The Morgan fingerprint density at radius 1 is 1.19 bits per heavy atom. The Balaban J connectivity index is 1.25. The first-order valence-corrected chi connectivity index (χ1v) is 14.5. The summed E-state index contributed by atoms with van der Waals surface area (Å²) in [7, 11) is 1.51. The molecule has 2 bridgehead atoms. The quantitative estimate of drug-likeness (QED) is 0.265. The van der Waals surface area contributed by atoms with Crippen molar-refractivity contribution in [2.45, 2.75) is 32.4 Å². The molecule has 0 aliphatic carbocycles. The number of amides is 1. The fraction of sp³-hybridized carbons (Fsp3) is 0.312. The van der Waals surface area contributed by atoms with Crippen LogP contribution in [0.1, 0.15) is 29.7 Å². The SMILES string of the molecule is COc1cc2c(Nc3ccc(OCc4ncccc4C)cc3Cl)c(C#N)cnc2cc1OC(=O)N1CC2CCC1CNC2. The number of hydrogen-bond acceptors (Lipinski definition) is 9. The van der Waals surface area contributed by atoms with E-state index in [1.807, 2.05) is 24.0 Å². The molecule has 0 saturated carbocycles. The lowest BCUT2D eigenvalue weighted by molar-refractivity contribution is 0.106. The first-order valence-electron chi connectivity index (χ1n) is 14.1. The van der Waals surface area contributed by atoms with Crippen molar-refractivity contribution in [3.63, 3.8) is 0 Å². The number of carbonyl (C=O) groups is 1. The number of nitrogens with zero attached hydrogens (tertiary/aromatic N) is 4. The van der Waals surface area contributed by atoms with Crippen LogP contribution < -0.4 is 24.8 Å². The van der Waals surface area contributed by atoms with E-state index in [-0.39, 0.29) is 11.8 Å². The number of nitrogens with one attached hydrogen (secondary N) is 2. The molecule has 3 fully saturated rings. The molecule has 7 rings (SSSR count). The number of hydrogen-bond donors (Lipinski definition) is 2. The van der Waals surface area contributed by atoms with Gasteiger partial charge in [0.2, 0.25) is 0 Å². The second-order valence-corrected chi connectivity index (χ2v) is 11.2. The normalized spacial score (nSPS) is 17.7. The van der Waals surface area contributed by atoms with Gasteiger partial charge < -0.3 is 29.7 Å². The van der Waals surface area contributed by atoms with Gasteiger partial charge in [0.1, 0.15) is 18.4 Å². The van der Waals surface area contributed by atoms with E-state index >= 15 is 0 Å². The number of pyridine rings is 2. The van der Waals surface area contributed by atoms with Gasteiger partial charge in [0.05, 0.1) is 40.3 Å². The fourth-order valence-corrected chi connectivity index (χ4v) is 5.83. The highest BCUT2D eigenvalue weighted by atomic mass is 35.5. The predicted molar refractivity (Wildman–Crippen MR) is 163 cm³/mol. The number of anilines is 2. The van der Waals surface area contributed by atoms with E-state index in [2.05, 4.69) is 26.7 Å². The summed E-state index contributed by atoms with van der Waals surface area (Å²) in [5.41, 5.74) is 3.79. The molecule has 3 aliphatic heterocycles. The highest BCUT2D eigenvalue weighted by molar-refractivity contribution is 6.33. The van der Waals surface area contributed by atoms with Gasteiger partial charge >= 0.3 is 6.09 Å². The van der Waals surface area contributed by atoms with Gasteiger partial charge in [-0.1, -0.05) is 17.7 Å². The number of methoxy groups -OCH3 is 1. The zero-order chi connectivity index (χ0) is 29.9. The summed E-state index contributed by atoms with van der Waals surface area (Å²) in [5.74, 6) is 1.61. The summed E-state index contributed by atoms with van der Waals surface area (Å²) in [6, 6.07) is 14.8. The predicted octanol–water partition coefficient (Wildman–Crippen LogP) is 5.98. The van der Waals surface area contributed by atoms with Crippen molar-refractivity contribution >= 4 is 40.0 Å². The zero-order valence-corrected chi connectivity index (χ0v) is 24.6. The molecule has 3 aliphatic rings. The first kappa shape index (κ1) is 28.5. The number of rotatable bonds is 7. The third kappa shape index (κ3) is 6.00. The maximum atomic E-state index is 13.2. The van der Waals surface area contributed by atoms with Crippen molar-refractivity contribution in [3.05, 3.63) is 76.7 Å². The first-order chi connectivity index (χ1) is 20.9. The Morgan fingerprint density at radius 3 is 2.86 bits per heavy atom. The van der Waals surface area contributed by atoms with Crippen LogP contribution >= 0.6 is 11.6 Å². The molecule has 5 heterocycles. The van der Waals surface area contributed by atoms with Gasteiger partial charge in [-0.25, -0.2) is 4.79 Å². The van der Waals surface area contributed by atoms with Crippen molar-refractivity contribution in [3.8, 4) is 23.3 Å². The molecular formula is C32H31ClN6O4. The molecule has 0 spiro atoms. The summed E-state index contributed by atoms with van der Waals surface area (Å²) in [6.45, 7) is 4.62. The van der Waals surface area contributed by atoms with Gasteiger partial charge in [-0.15, -0.1) is 0 Å². The summed E-state index contributed by atoms with van der Waals surface area (Å²) in [4.78, 5) is 23.9. The number of carbonyl (C=O) groups excluding carboxylic acids is 1. The van der Waals surface area contributed by atoms with Crippen molar-refractivity contribution in [2.75, 3.05) is 32.1 Å². The standard InChI is InChI=1S/C32H31ClN6O4/c1-19-4-3-9-36-28(19)18-42-23-7-8-26(25(33)10-23)38-31-21(13-34)15-37-27-12-30(29(41-2)11-24(27)31)43-32(40)39-17-20-5-6-22(39)16-35-14-20/h3-4,7-12,15,20,22,35H,5-6,14,16-18H2,1-2H3,(H,37,38). The lowest BCUT2D eigenvalue weighted by Gasteiger charge is -2.35. The highest BCUT2D eigenvalue weighted by Crippen LogP contribution is 2.39. The number of benzene rings is 2. The number of halogens is 1. The molecule has 2 aromatic carbocycles. The summed E-state index contributed by atoms with van der Waals surface area (Å²) < 4.78 is 17.4. The third-order valence-electron chi connectivity index (χ3n) is 8.02. The molecule has 2 unspecified atom stereocenters. The largest absolute Gasteiger partial charge is 0.493 e. The van der Waals surface area contributed by atoms with Crippen molar-refractivity contribution < 1.29 is 19.0 Å². The number of ether oxygens (including phenoxy) is 3. The molecule has 4 aromatic rings. The van der Waals surface area contributed by atoms with Crippen LogP contribution in [0.3, 0.4) is 0 Å². The van der Waals surface area contributed by atoms with Crippen LogP contribution in [0.4, 0.5) is 16.2 Å². The lowest BCUT2D eigenvalue weighted by Crippen LogP contribution is -2.48. The summed E-state index contributed by atoms with van der Waals surface area (Å²) in [6.07, 6.45) is 4.86. The van der Waals surface area contributed by atoms with Crippen LogP contribution in [0.5, 0.6) is 17.2 Å². The Kier molecular flexibility index (Phi) is 8.18. The van der Waals surface area contributed by atoms with Gasteiger partial charge in [-0.2, -0.15) is 5.26 Å². The van der Waals surface area contributed by atoms with E-state index in [0.29, 0.717) is 63.4 Å². The number of fused-ring (bicyclic) bond motifs is 5. The van der Waals surface area contributed by atoms with E-state index in [1.165, 1.54) is 13.3 Å². The Morgan fingerprint density at radius 2 is 2.07 bits per heavy atom. The highest BCUT2D eigenvalue weighted by Gasteiger charge is 2.35. The van der Waals surface area contributed by atoms with Crippen LogP contribution in [-0.2, 0) is 6.61 Å². The van der Waals surface area contributed by atoms with Gasteiger partial charge in [-0.05, 0) is 62.1 Å². The minimum atomic E-state index is -0.407. The number of piperidine rings is 1. The number of aryl methyl sites for hydroxylation is 1. The average molecular weight is 599 g/mol. The lowest BCUT2D eigenvalue weighted by atomic mass is 9.95. The third-order valence-corrected chi connectivity index (χ3v) is 8.33. The van der Waals surface area contributed by atoms with Gasteiger partial charge in [0.25, 0.3) is 0 Å². The molecule has 43 heavy (non-hydrogen) atoms. The smallest absolute Gasteiger partial charge is 0.415 e. The van der Waals surface area contributed by atoms with E-state index in [0.717, 1.165) is 37.2 Å². The summed E-state index contributed by atoms with van der Waals surface area (Å²) >= 11 is 6.64. The van der Waals surface area contributed by atoms with Crippen molar-refractivity contribution in [1.82, 2.24) is 20.2 Å². The van der Waals surface area contributed by atoms with Crippen molar-refractivity contribution in [2.24, 2.45) is 5.92 Å². The molecule has 2 N–H and O–H groups in total. The van der Waals surface area contributed by atoms with E-state index in [9.17, 15) is 10.1 Å². The van der Waals surface area contributed by atoms with Gasteiger partial charge in [-0.3, -0.25) is 9.97 Å². The number of nitriles is 1. The van der Waals surface area contributed by atoms with E-state index in [1.54, 1.807) is 36.5 Å². The van der Waals surface area contributed by atoms with Crippen LogP contribution in [0.25, 0.3) is 10.9 Å². The Labute approximate surface area is 254 Å². The molecule has 3 saturated heterocycles. The molecule has 1 amide bonds. The number of aromatic nitrogens is 2. The van der Waals surface area contributed by atoms with Crippen LogP contribution in [0, 0.1) is 24.2 Å². The molecule has 220 valence electrons. The molecule has 2 atom stereocenters. The fourth-order valence-electron chi connectivity index (χ4n) is 5.61. The van der Waals surface area contributed by atoms with Crippen LogP contribution in [0.15, 0.2) is 54.9 Å². The second kappa shape index (κ2) is 12.3. The average Bonchev–Trinajstić information content (AvgIpc) is 3.38. The molecule has 10 nitrogen and oxygen atoms in total. The molecule has 2 aromatic heterocycles. The maximum absolute atomic E-state index is 13.2. The van der Waals surface area contributed by atoms with Gasteiger partial charge in [0, 0.05) is 49.0 Å². The van der Waals surface area contributed by atoms with E-state index in [4.69, 9.17) is 25.8 Å². The van der Waals surface area contributed by atoms with Crippen LogP contribution in [-0.4, -0.2) is 53.7 Å². The second-order valence-electron chi connectivity index (χ2n) is 10.8. The Bertz CT molecular complexity index is 1720. The minimum absolute atomic E-state index is 0.102. The van der Waals surface area contributed by atoms with Gasteiger partial charge in [0.15, 0.2) is 11.5 Å². The zero-order valence-electron chi connectivity index (χ0n) is 23.9. The molecule has 0 radical (unpaired) electrons. The Hall–Kier alpha value is -4.59. The monoisotopic (exact) mass is 598 g/mol. The van der Waals surface area contributed by atoms with Crippen LogP contribution in [0.2, 0.25) is 5.02 Å². The summed E-state index contributed by atoms with van der Waals surface area (Å²) in [5, 5.41) is 17.6. The van der Waals surface area contributed by atoms with E-state index < -0.39 is 6.09 Å². The molecule has 11 heteroatoms.